The van der Waals surface area contributed by atoms with Gasteiger partial charge in [0.15, 0.2) is 0 Å². The summed E-state index contributed by atoms with van der Waals surface area (Å²) in [6, 6.07) is 29.7. The molecule has 225 valence electrons. The molecule has 9 heteroatoms. The van der Waals surface area contributed by atoms with Gasteiger partial charge in [0.1, 0.15) is 11.5 Å². The summed E-state index contributed by atoms with van der Waals surface area (Å²) in [6.45, 7) is 6.78. The highest BCUT2D eigenvalue weighted by molar-refractivity contribution is 6.47. The van der Waals surface area contributed by atoms with E-state index in [2.05, 4.69) is 9.97 Å². The first-order chi connectivity index (χ1) is 21.5. The van der Waals surface area contributed by atoms with E-state index < -0.39 is 23.1 Å². The topological polar surface area (TPSA) is 108 Å². The summed E-state index contributed by atoms with van der Waals surface area (Å²) in [7, 11) is 1.43. The highest BCUT2D eigenvalue weighted by atomic mass is 16.5. The van der Waals surface area contributed by atoms with Crippen LogP contribution in [-0.2, 0) is 4.65 Å². The second kappa shape index (κ2) is 13.3. The summed E-state index contributed by atoms with van der Waals surface area (Å²) in [4.78, 5) is 34.9. The summed E-state index contributed by atoms with van der Waals surface area (Å²) in [5.74, 6) is -0.916. The Hall–Kier alpha value is -5.12. The van der Waals surface area contributed by atoms with Gasteiger partial charge in [-0.25, -0.2) is 9.59 Å². The number of hydrogen-bond acceptors (Lipinski definition) is 8. The molecule has 0 unspecified atom stereocenters. The molecule has 0 aliphatic rings. The Morgan fingerprint density at radius 2 is 1.09 bits per heavy atom. The quantitative estimate of drug-likeness (QED) is 0.117. The fourth-order valence-corrected chi connectivity index (χ4v) is 4.09. The van der Waals surface area contributed by atoms with Crippen molar-refractivity contribution in [2.75, 3.05) is 0 Å². The number of benzene rings is 3. The Balaban J connectivity index is 1.36. The number of rotatable bonds is 10. The third-order valence-corrected chi connectivity index (χ3v) is 7.45. The maximum Gasteiger partial charge on any atom is 0.343 e. The molecule has 1 radical (unpaired) electrons. The summed E-state index contributed by atoms with van der Waals surface area (Å²) < 4.78 is 17.3. The molecule has 0 fully saturated rings. The fraction of sp³-hybridized carbons (Fsp3) is 0.167. The maximum atomic E-state index is 13.1. The molecule has 0 aliphatic heterocycles. The van der Waals surface area contributed by atoms with Crippen LogP contribution in [0.3, 0.4) is 0 Å². The molecule has 5 aromatic rings. The molecular weight excluding hydrogens is 567 g/mol. The van der Waals surface area contributed by atoms with E-state index in [4.69, 9.17) is 14.1 Å². The van der Waals surface area contributed by atoms with E-state index in [0.29, 0.717) is 16.6 Å². The number of carbonyl (C=O) groups is 2. The predicted molar refractivity (Wildman–Crippen MR) is 173 cm³/mol. The lowest BCUT2D eigenvalue weighted by atomic mass is 9.82. The van der Waals surface area contributed by atoms with Crippen molar-refractivity contribution in [3.05, 3.63) is 127 Å². The van der Waals surface area contributed by atoms with Crippen LogP contribution in [0.1, 0.15) is 48.4 Å². The van der Waals surface area contributed by atoms with Gasteiger partial charge in [0, 0.05) is 29.6 Å². The number of pyridine rings is 2. The van der Waals surface area contributed by atoms with Crippen molar-refractivity contribution >= 4 is 24.9 Å². The van der Waals surface area contributed by atoms with Crippen LogP contribution >= 0.6 is 0 Å². The van der Waals surface area contributed by atoms with Crippen molar-refractivity contribution in [3.63, 3.8) is 0 Å². The van der Waals surface area contributed by atoms with Crippen LogP contribution in [0.5, 0.6) is 11.5 Å². The standard InChI is InChI=1S/C36H32BN2O6/c1-35(2,42)36(3,4)45-37-28-21-29(43-33(40)26-15-11-24(12-16-26)31-9-5-7-19-38-31)23-30(22-28)44-34(41)27-17-13-25(14-18-27)32-10-6-8-20-39-32/h5-23,42H,1-4H3. The molecule has 3 aromatic carbocycles. The monoisotopic (exact) mass is 599 g/mol. The first kappa shape index (κ1) is 31.3. The molecule has 2 heterocycles. The van der Waals surface area contributed by atoms with Gasteiger partial charge in [-0.3, -0.25) is 9.97 Å². The van der Waals surface area contributed by atoms with Gasteiger partial charge in [-0.05, 0) is 93.8 Å². The zero-order valence-electron chi connectivity index (χ0n) is 25.4. The van der Waals surface area contributed by atoms with E-state index >= 15 is 0 Å². The number of esters is 2. The summed E-state index contributed by atoms with van der Waals surface area (Å²) in [6.07, 6.45) is 3.41. The summed E-state index contributed by atoms with van der Waals surface area (Å²) in [5.41, 5.74) is 2.28. The molecule has 0 atom stereocenters. The van der Waals surface area contributed by atoms with Gasteiger partial charge in [0.2, 0.25) is 0 Å². The lowest BCUT2D eigenvalue weighted by Crippen LogP contribution is -2.49. The molecule has 0 spiro atoms. The van der Waals surface area contributed by atoms with Gasteiger partial charge in [-0.2, -0.15) is 0 Å². The molecule has 0 aliphatic carbocycles. The average Bonchev–Trinajstić information content (AvgIpc) is 3.04. The van der Waals surface area contributed by atoms with Crippen molar-refractivity contribution in [1.29, 1.82) is 0 Å². The predicted octanol–water partition coefficient (Wildman–Crippen LogP) is 6.06. The third-order valence-electron chi connectivity index (χ3n) is 7.45. The average molecular weight is 599 g/mol. The number of hydrogen-bond donors (Lipinski definition) is 1. The van der Waals surface area contributed by atoms with Crippen molar-refractivity contribution < 1.29 is 28.8 Å². The fourth-order valence-electron chi connectivity index (χ4n) is 4.09. The zero-order valence-corrected chi connectivity index (χ0v) is 25.4. The van der Waals surface area contributed by atoms with E-state index in [9.17, 15) is 14.7 Å². The summed E-state index contributed by atoms with van der Waals surface area (Å²) in [5, 5.41) is 10.5. The highest BCUT2D eigenvalue weighted by Crippen LogP contribution is 2.26. The van der Waals surface area contributed by atoms with E-state index in [0.717, 1.165) is 22.5 Å². The number of carbonyl (C=O) groups excluding carboxylic acids is 2. The smallest absolute Gasteiger partial charge is 0.343 e. The van der Waals surface area contributed by atoms with E-state index in [1.54, 1.807) is 101 Å². The Morgan fingerprint density at radius 3 is 1.47 bits per heavy atom. The molecular formula is C36H32BN2O6. The number of nitrogens with zero attached hydrogens (tertiary/aromatic N) is 2. The van der Waals surface area contributed by atoms with E-state index in [1.807, 2.05) is 36.4 Å². The normalized spacial score (nSPS) is 11.5. The first-order valence-electron chi connectivity index (χ1n) is 14.3. The van der Waals surface area contributed by atoms with Gasteiger partial charge in [0.25, 0.3) is 0 Å². The maximum absolute atomic E-state index is 13.1. The van der Waals surface area contributed by atoms with Gasteiger partial charge in [0.05, 0.1) is 33.7 Å². The van der Waals surface area contributed by atoms with Crippen LogP contribution < -0.4 is 14.9 Å². The zero-order chi connectivity index (χ0) is 32.0. The second-order valence-electron chi connectivity index (χ2n) is 11.4. The van der Waals surface area contributed by atoms with Gasteiger partial charge in [-0.15, -0.1) is 0 Å². The van der Waals surface area contributed by atoms with Crippen molar-refractivity contribution in [2.24, 2.45) is 0 Å². The highest BCUT2D eigenvalue weighted by Gasteiger charge is 2.35. The molecule has 1 N–H and O–H groups in total. The SMILES string of the molecule is CC(C)(O)C(C)(C)O[B]c1cc(OC(=O)c2ccc(-c3ccccn3)cc2)cc(OC(=O)c2ccc(-c3ccccn3)cc2)c1. The lowest BCUT2D eigenvalue weighted by molar-refractivity contribution is -0.0893. The Kier molecular flexibility index (Phi) is 9.22. The lowest BCUT2D eigenvalue weighted by Gasteiger charge is -2.37. The Morgan fingerprint density at radius 1 is 0.644 bits per heavy atom. The van der Waals surface area contributed by atoms with Crippen LogP contribution in [0.25, 0.3) is 22.5 Å². The molecule has 8 nitrogen and oxygen atoms in total. The Bertz CT molecular complexity index is 1650. The molecule has 0 amide bonds. The van der Waals surface area contributed by atoms with Crippen molar-refractivity contribution in [3.8, 4) is 34.0 Å². The van der Waals surface area contributed by atoms with Crippen LogP contribution in [-0.4, -0.2) is 45.7 Å². The molecule has 0 saturated carbocycles. The van der Waals surface area contributed by atoms with E-state index in [-0.39, 0.29) is 11.5 Å². The van der Waals surface area contributed by atoms with Crippen LogP contribution in [0.4, 0.5) is 0 Å². The van der Waals surface area contributed by atoms with Crippen LogP contribution in [0, 0.1) is 0 Å². The number of aromatic nitrogens is 2. The third kappa shape index (κ3) is 7.89. The molecule has 2 aromatic heterocycles. The number of aliphatic hydroxyl groups is 1. The molecule has 45 heavy (non-hydrogen) atoms. The van der Waals surface area contributed by atoms with Crippen molar-refractivity contribution in [2.45, 2.75) is 38.9 Å². The Labute approximate surface area is 262 Å². The minimum Gasteiger partial charge on any atom is -0.427 e. The largest absolute Gasteiger partial charge is 0.427 e. The minimum atomic E-state index is -1.16. The molecule has 5 rings (SSSR count). The number of ether oxygens (including phenoxy) is 2. The van der Waals surface area contributed by atoms with Crippen LogP contribution in [0.2, 0.25) is 0 Å². The van der Waals surface area contributed by atoms with Crippen LogP contribution in [0.15, 0.2) is 116 Å². The van der Waals surface area contributed by atoms with E-state index in [1.165, 1.54) is 13.5 Å². The van der Waals surface area contributed by atoms with Gasteiger partial charge in [-0.1, -0.05) is 36.4 Å². The minimum absolute atomic E-state index is 0.139. The van der Waals surface area contributed by atoms with Gasteiger partial charge >= 0.3 is 19.4 Å². The second-order valence-corrected chi connectivity index (χ2v) is 11.4. The van der Waals surface area contributed by atoms with Crippen molar-refractivity contribution in [1.82, 2.24) is 9.97 Å². The first-order valence-corrected chi connectivity index (χ1v) is 14.3. The molecule has 0 bridgehead atoms. The van der Waals surface area contributed by atoms with Gasteiger partial charge < -0.3 is 19.2 Å². The summed E-state index contributed by atoms with van der Waals surface area (Å²) >= 11 is 0. The molecule has 0 saturated heterocycles.